The van der Waals surface area contributed by atoms with Crippen molar-refractivity contribution in [2.24, 2.45) is 0 Å². The van der Waals surface area contributed by atoms with E-state index in [4.69, 9.17) is 9.72 Å². The van der Waals surface area contributed by atoms with Crippen LogP contribution in [0.25, 0.3) is 11.0 Å². The van der Waals surface area contributed by atoms with E-state index >= 15 is 0 Å². The summed E-state index contributed by atoms with van der Waals surface area (Å²) in [5.74, 6) is 0.940. The first-order chi connectivity index (χ1) is 13.6. The quantitative estimate of drug-likeness (QED) is 0.735. The van der Waals surface area contributed by atoms with Crippen molar-refractivity contribution in [3.8, 4) is 0 Å². The van der Waals surface area contributed by atoms with Crippen LogP contribution in [0, 0.1) is 0 Å². The maximum atomic E-state index is 12.4. The number of morpholine rings is 1. The Hall–Kier alpha value is -2.70. The van der Waals surface area contributed by atoms with Crippen molar-refractivity contribution >= 4 is 22.6 Å². The highest BCUT2D eigenvalue weighted by Gasteiger charge is 2.18. The van der Waals surface area contributed by atoms with Crippen LogP contribution in [0.1, 0.15) is 36.1 Å². The van der Waals surface area contributed by atoms with Gasteiger partial charge in [0.05, 0.1) is 30.8 Å². The number of fused-ring (bicyclic) bond motifs is 1. The molecule has 0 radical (unpaired) electrons. The molecule has 1 aliphatic rings. The van der Waals surface area contributed by atoms with Crippen molar-refractivity contribution < 1.29 is 9.53 Å². The van der Waals surface area contributed by atoms with Gasteiger partial charge in [-0.05, 0) is 44.2 Å². The second kappa shape index (κ2) is 8.12. The zero-order chi connectivity index (χ0) is 19.5. The van der Waals surface area contributed by atoms with Crippen molar-refractivity contribution in [1.82, 2.24) is 14.5 Å². The molecule has 2 aromatic carbocycles. The third-order valence-electron chi connectivity index (χ3n) is 5.04. The van der Waals surface area contributed by atoms with Crippen LogP contribution < -0.4 is 5.32 Å². The Balaban J connectivity index is 1.61. The number of anilines is 1. The van der Waals surface area contributed by atoms with Gasteiger partial charge in [0.2, 0.25) is 0 Å². The zero-order valence-electron chi connectivity index (χ0n) is 16.4. The van der Waals surface area contributed by atoms with Crippen molar-refractivity contribution in [2.45, 2.75) is 26.4 Å². The van der Waals surface area contributed by atoms with Crippen LogP contribution in [0.2, 0.25) is 0 Å². The van der Waals surface area contributed by atoms with Gasteiger partial charge in [0, 0.05) is 30.4 Å². The first-order valence-electron chi connectivity index (χ1n) is 9.79. The Bertz CT molecular complexity index is 959. The molecule has 4 rings (SSSR count). The van der Waals surface area contributed by atoms with E-state index in [2.05, 4.69) is 28.6 Å². The van der Waals surface area contributed by atoms with E-state index in [1.807, 2.05) is 48.5 Å². The summed E-state index contributed by atoms with van der Waals surface area (Å²) in [7, 11) is 0. The number of amides is 1. The number of nitrogens with zero attached hydrogens (tertiary/aromatic N) is 3. The second-order valence-electron chi connectivity index (χ2n) is 7.40. The Morgan fingerprint density at radius 2 is 1.89 bits per heavy atom. The highest BCUT2D eigenvalue weighted by atomic mass is 16.5. The lowest BCUT2D eigenvalue weighted by Crippen LogP contribution is -2.36. The monoisotopic (exact) mass is 378 g/mol. The van der Waals surface area contributed by atoms with Crippen LogP contribution in [0.15, 0.2) is 48.5 Å². The molecule has 1 aromatic heterocycles. The molecule has 0 spiro atoms. The summed E-state index contributed by atoms with van der Waals surface area (Å²) in [6.45, 7) is 8.57. The van der Waals surface area contributed by atoms with Crippen molar-refractivity contribution in [3.05, 3.63) is 59.9 Å². The summed E-state index contributed by atoms with van der Waals surface area (Å²) >= 11 is 0. The van der Waals surface area contributed by atoms with E-state index in [-0.39, 0.29) is 5.91 Å². The number of aromatic nitrogens is 2. The van der Waals surface area contributed by atoms with E-state index in [1.54, 1.807) is 0 Å². The van der Waals surface area contributed by atoms with Gasteiger partial charge in [-0.25, -0.2) is 4.98 Å². The van der Waals surface area contributed by atoms with Gasteiger partial charge in [0.25, 0.3) is 5.91 Å². The summed E-state index contributed by atoms with van der Waals surface area (Å²) < 4.78 is 7.74. The molecule has 1 saturated heterocycles. The number of imidazole rings is 1. The van der Waals surface area contributed by atoms with Crippen molar-refractivity contribution in [1.29, 1.82) is 0 Å². The number of nitrogens with one attached hydrogen (secondary N) is 1. The molecule has 3 aromatic rings. The zero-order valence-corrected chi connectivity index (χ0v) is 16.4. The molecule has 1 N–H and O–H groups in total. The molecule has 1 aliphatic heterocycles. The molecule has 0 saturated carbocycles. The highest BCUT2D eigenvalue weighted by molar-refractivity contribution is 6.04. The molecule has 0 unspecified atom stereocenters. The maximum absolute atomic E-state index is 12.4. The molecule has 0 atom stereocenters. The Morgan fingerprint density at radius 1 is 1.14 bits per heavy atom. The second-order valence-corrected chi connectivity index (χ2v) is 7.40. The van der Waals surface area contributed by atoms with Gasteiger partial charge >= 0.3 is 0 Å². The summed E-state index contributed by atoms with van der Waals surface area (Å²) in [6, 6.07) is 15.5. The number of hydrogen-bond donors (Lipinski definition) is 1. The minimum absolute atomic E-state index is 0.114. The SMILES string of the molecule is CC(C)n1c(CN2CCOCC2)nc2cc(NC(=O)c3ccccc3)ccc21. The van der Waals surface area contributed by atoms with Crippen molar-refractivity contribution in [2.75, 3.05) is 31.6 Å². The molecule has 28 heavy (non-hydrogen) atoms. The smallest absolute Gasteiger partial charge is 0.255 e. The average molecular weight is 378 g/mol. The Labute approximate surface area is 165 Å². The molecule has 6 heteroatoms. The Morgan fingerprint density at radius 3 is 2.61 bits per heavy atom. The molecule has 1 fully saturated rings. The fourth-order valence-corrected chi connectivity index (χ4v) is 3.67. The third-order valence-corrected chi connectivity index (χ3v) is 5.04. The van der Waals surface area contributed by atoms with Gasteiger partial charge in [0.15, 0.2) is 0 Å². The van der Waals surface area contributed by atoms with E-state index < -0.39 is 0 Å². The van der Waals surface area contributed by atoms with Gasteiger partial charge < -0.3 is 14.6 Å². The summed E-state index contributed by atoms with van der Waals surface area (Å²) in [5, 5.41) is 2.97. The normalized spacial score (nSPS) is 15.2. The molecule has 6 nitrogen and oxygen atoms in total. The average Bonchev–Trinajstić information content (AvgIpc) is 3.06. The molecule has 146 valence electrons. The summed E-state index contributed by atoms with van der Waals surface area (Å²) in [4.78, 5) is 19.7. The first-order valence-corrected chi connectivity index (χ1v) is 9.79. The number of carbonyl (C=O) groups is 1. The van der Waals surface area contributed by atoms with E-state index in [0.717, 1.165) is 55.4 Å². The fourth-order valence-electron chi connectivity index (χ4n) is 3.67. The maximum Gasteiger partial charge on any atom is 0.255 e. The first kappa shape index (κ1) is 18.7. The molecule has 0 aliphatic carbocycles. The fraction of sp³-hybridized carbons (Fsp3) is 0.364. The predicted molar refractivity (Wildman–Crippen MR) is 111 cm³/mol. The topological polar surface area (TPSA) is 59.4 Å². The van der Waals surface area contributed by atoms with E-state index in [9.17, 15) is 4.79 Å². The standard InChI is InChI=1S/C22H26N4O2/c1-16(2)26-20-9-8-18(23-22(27)17-6-4-3-5-7-17)14-19(20)24-21(26)15-25-10-12-28-13-11-25/h3-9,14,16H,10-13,15H2,1-2H3,(H,23,27). The predicted octanol–water partition coefficient (Wildman–Crippen LogP) is 3.70. The molecular formula is C22H26N4O2. The van der Waals surface area contributed by atoms with Crippen LogP contribution >= 0.6 is 0 Å². The molecule has 2 heterocycles. The number of ether oxygens (including phenoxy) is 1. The lowest BCUT2D eigenvalue weighted by atomic mass is 10.2. The minimum Gasteiger partial charge on any atom is -0.379 e. The van der Waals surface area contributed by atoms with Gasteiger partial charge in [-0.1, -0.05) is 18.2 Å². The van der Waals surface area contributed by atoms with Gasteiger partial charge in [-0.2, -0.15) is 0 Å². The van der Waals surface area contributed by atoms with Gasteiger partial charge in [-0.3, -0.25) is 9.69 Å². The van der Waals surface area contributed by atoms with Crippen LogP contribution in [0.5, 0.6) is 0 Å². The lowest BCUT2D eigenvalue weighted by molar-refractivity contribution is 0.0325. The lowest BCUT2D eigenvalue weighted by Gasteiger charge is -2.27. The summed E-state index contributed by atoms with van der Waals surface area (Å²) in [5.41, 5.74) is 3.40. The van der Waals surface area contributed by atoms with Crippen molar-refractivity contribution in [3.63, 3.8) is 0 Å². The number of rotatable bonds is 5. The van der Waals surface area contributed by atoms with Crippen LogP contribution in [0.4, 0.5) is 5.69 Å². The van der Waals surface area contributed by atoms with Crippen LogP contribution in [0.3, 0.4) is 0 Å². The minimum atomic E-state index is -0.114. The largest absolute Gasteiger partial charge is 0.379 e. The summed E-state index contributed by atoms with van der Waals surface area (Å²) in [6.07, 6.45) is 0. The van der Waals surface area contributed by atoms with E-state index in [1.165, 1.54) is 0 Å². The number of hydrogen-bond acceptors (Lipinski definition) is 4. The number of carbonyl (C=O) groups excluding carboxylic acids is 1. The van der Waals surface area contributed by atoms with Crippen LogP contribution in [-0.4, -0.2) is 46.7 Å². The van der Waals surface area contributed by atoms with Crippen LogP contribution in [-0.2, 0) is 11.3 Å². The molecular weight excluding hydrogens is 352 g/mol. The molecule has 1 amide bonds. The Kier molecular flexibility index (Phi) is 5.41. The highest BCUT2D eigenvalue weighted by Crippen LogP contribution is 2.25. The van der Waals surface area contributed by atoms with Gasteiger partial charge in [-0.15, -0.1) is 0 Å². The van der Waals surface area contributed by atoms with Gasteiger partial charge in [0.1, 0.15) is 5.82 Å². The third kappa shape index (κ3) is 3.93. The number of benzene rings is 2. The van der Waals surface area contributed by atoms with E-state index in [0.29, 0.717) is 11.6 Å². The molecule has 0 bridgehead atoms.